The van der Waals surface area contributed by atoms with Crippen LogP contribution in [0.25, 0.3) is 0 Å². The van der Waals surface area contributed by atoms with Gasteiger partial charge in [-0.15, -0.1) is 0 Å². The van der Waals surface area contributed by atoms with E-state index in [1.54, 1.807) is 6.92 Å². The predicted molar refractivity (Wildman–Crippen MR) is 127 cm³/mol. The zero-order valence-electron chi connectivity index (χ0n) is 19.6. The Morgan fingerprint density at radius 3 is 2.13 bits per heavy atom. The monoisotopic (exact) mass is 486 g/mol. The molecular weight excluding hydrogens is 448 g/mol. The lowest BCUT2D eigenvalue weighted by atomic mass is 10.2. The number of amides is 1. The van der Waals surface area contributed by atoms with Crippen molar-refractivity contribution in [2.24, 2.45) is 0 Å². The van der Waals surface area contributed by atoms with Gasteiger partial charge in [0.1, 0.15) is 18.2 Å². The molecule has 0 radical (unpaired) electrons. The van der Waals surface area contributed by atoms with Gasteiger partial charge >= 0.3 is 6.09 Å². The third kappa shape index (κ3) is 17.2. The quantitative estimate of drug-likeness (QED) is 0.637. The first-order chi connectivity index (χ1) is 14.0. The normalized spacial score (nSPS) is 15.3. The van der Waals surface area contributed by atoms with Crippen LogP contribution < -0.4 is 5.32 Å². The topological polar surface area (TPSA) is 75.7 Å². The predicted octanol–water partition coefficient (Wildman–Crippen LogP) is 5.16. The van der Waals surface area contributed by atoms with Gasteiger partial charge in [-0.3, -0.25) is 0 Å². The van der Waals surface area contributed by atoms with Gasteiger partial charge < -0.3 is 24.5 Å². The second-order valence-corrected chi connectivity index (χ2v) is 8.82. The number of hydrogen-bond acceptors (Lipinski definition) is 5. The van der Waals surface area contributed by atoms with Crippen molar-refractivity contribution < 1.29 is 19.1 Å². The van der Waals surface area contributed by atoms with Crippen molar-refractivity contribution in [2.45, 2.75) is 72.4 Å². The van der Waals surface area contributed by atoms with Gasteiger partial charge in [-0.25, -0.2) is 4.79 Å². The Bertz CT molecular complexity index is 596. The van der Waals surface area contributed by atoms with Crippen LogP contribution in [-0.4, -0.2) is 55.3 Å². The number of likely N-dealkylation sites (N-methyl/N-ethyl adjacent to an activating group) is 1. The molecule has 1 N–H and O–H groups in total. The molecule has 1 fully saturated rings. The second-order valence-electron chi connectivity index (χ2n) is 7.96. The maximum absolute atomic E-state index is 11.4. The Hall–Kier alpha value is -1.73. The van der Waals surface area contributed by atoms with Crippen molar-refractivity contribution in [3.05, 3.63) is 34.3 Å². The molecular formula is C23H39BrN2O4. The number of Topliss-reactive ketones (excluding diaryl/α,β-unsaturated/α-hetero) is 1. The molecule has 1 saturated heterocycles. The number of hydrogen-bond donors (Lipinski definition) is 1. The zero-order chi connectivity index (χ0) is 23.7. The van der Waals surface area contributed by atoms with E-state index in [0.29, 0.717) is 19.0 Å². The molecule has 1 aromatic rings. The fourth-order valence-electron chi connectivity index (χ4n) is 2.30. The van der Waals surface area contributed by atoms with E-state index in [1.807, 2.05) is 52.7 Å². The summed E-state index contributed by atoms with van der Waals surface area (Å²) in [5.41, 5.74) is 0.874. The van der Waals surface area contributed by atoms with E-state index >= 15 is 0 Å². The fourth-order valence-corrected chi connectivity index (χ4v) is 2.59. The van der Waals surface area contributed by atoms with Crippen molar-refractivity contribution in [1.29, 1.82) is 0 Å². The molecule has 0 saturated carbocycles. The number of nitrogens with one attached hydrogen (secondary N) is 1. The van der Waals surface area contributed by atoms with E-state index in [9.17, 15) is 9.59 Å². The van der Waals surface area contributed by atoms with Crippen LogP contribution in [0.15, 0.2) is 28.7 Å². The summed E-state index contributed by atoms with van der Waals surface area (Å²) in [6.07, 6.45) is 2.73. The highest BCUT2D eigenvalue weighted by Crippen LogP contribution is 2.14. The number of nitrogens with zero attached hydrogens (tertiary/aromatic N) is 1. The molecule has 0 spiro atoms. The first-order valence-electron chi connectivity index (χ1n) is 10.1. The third-order valence-corrected chi connectivity index (χ3v) is 5.02. The number of rotatable bonds is 3. The lowest BCUT2D eigenvalue weighted by molar-refractivity contribution is -0.116. The molecule has 1 amide bonds. The number of likely N-dealkylation sites (tertiary alicyclic amines) is 1. The Balaban J connectivity index is 0. The molecule has 1 aromatic carbocycles. The number of ether oxygens (including phenoxy) is 1. The molecule has 6 nitrogen and oxygen atoms in total. The van der Waals surface area contributed by atoms with E-state index in [1.165, 1.54) is 16.5 Å². The Morgan fingerprint density at radius 1 is 1.27 bits per heavy atom. The number of carbonyl (C=O) groups excluding carboxylic acids is 3. The molecule has 1 heterocycles. The van der Waals surface area contributed by atoms with Gasteiger partial charge in [0.05, 0.1) is 0 Å². The number of alkyl carbamates (subject to hydrolysis) is 1. The molecule has 2 rings (SSSR count). The summed E-state index contributed by atoms with van der Waals surface area (Å²) in [7, 11) is 2.09. The van der Waals surface area contributed by atoms with E-state index in [-0.39, 0.29) is 11.9 Å². The summed E-state index contributed by atoms with van der Waals surface area (Å²) in [5.74, 6) is 0.255. The van der Waals surface area contributed by atoms with Crippen LogP contribution in [0.5, 0.6) is 0 Å². The van der Waals surface area contributed by atoms with Crippen LogP contribution in [0.1, 0.15) is 59.4 Å². The highest BCUT2D eigenvalue weighted by atomic mass is 79.9. The Morgan fingerprint density at radius 2 is 1.80 bits per heavy atom. The molecule has 30 heavy (non-hydrogen) atoms. The van der Waals surface area contributed by atoms with Gasteiger partial charge in [0.2, 0.25) is 0 Å². The summed E-state index contributed by atoms with van der Waals surface area (Å²) in [6, 6.07) is 8.62. The van der Waals surface area contributed by atoms with Gasteiger partial charge in [0, 0.05) is 23.5 Å². The van der Waals surface area contributed by atoms with Crippen LogP contribution in [0.4, 0.5) is 4.79 Å². The van der Waals surface area contributed by atoms with Crippen molar-refractivity contribution in [2.75, 3.05) is 20.1 Å². The lowest BCUT2D eigenvalue weighted by Gasteiger charge is -2.23. The Labute approximate surface area is 190 Å². The van der Waals surface area contributed by atoms with Crippen molar-refractivity contribution in [3.8, 4) is 0 Å². The van der Waals surface area contributed by atoms with Crippen molar-refractivity contribution in [1.82, 2.24) is 10.2 Å². The molecule has 1 atom stereocenters. The largest absolute Gasteiger partial charge is 0.444 e. The summed E-state index contributed by atoms with van der Waals surface area (Å²) in [4.78, 5) is 31.5. The van der Waals surface area contributed by atoms with Crippen molar-refractivity contribution >= 4 is 34.6 Å². The lowest BCUT2D eigenvalue weighted by Crippen LogP contribution is -2.40. The maximum Gasteiger partial charge on any atom is 0.407 e. The maximum atomic E-state index is 11.4. The average molecular weight is 487 g/mol. The van der Waals surface area contributed by atoms with Crippen LogP contribution >= 0.6 is 15.9 Å². The number of carbonyl (C=O) groups is 3. The number of ketones is 1. The van der Waals surface area contributed by atoms with E-state index < -0.39 is 5.60 Å². The highest BCUT2D eigenvalue weighted by Gasteiger charge is 2.22. The molecule has 1 unspecified atom stereocenters. The number of aryl methyl sites for hydroxylation is 1. The zero-order valence-corrected chi connectivity index (χ0v) is 21.2. The van der Waals surface area contributed by atoms with Crippen LogP contribution in [0, 0.1) is 6.92 Å². The molecule has 0 aliphatic carbocycles. The molecule has 1 aliphatic heterocycles. The SMILES string of the molecule is C=O.CCC(C)=O.CN1CCCC1CNC(=O)OC(C)(C)C.Cc1ccccc1Br. The van der Waals surface area contributed by atoms with Crippen molar-refractivity contribution in [3.63, 3.8) is 0 Å². The van der Waals surface area contributed by atoms with Gasteiger partial charge in [-0.2, -0.15) is 0 Å². The van der Waals surface area contributed by atoms with Crippen LogP contribution in [0.3, 0.4) is 0 Å². The summed E-state index contributed by atoms with van der Waals surface area (Å²) < 4.78 is 6.34. The van der Waals surface area contributed by atoms with E-state index in [0.717, 1.165) is 13.0 Å². The fraction of sp³-hybridized carbons (Fsp3) is 0.609. The van der Waals surface area contributed by atoms with Gasteiger partial charge in [0.15, 0.2) is 0 Å². The van der Waals surface area contributed by atoms with Crippen LogP contribution in [-0.2, 0) is 14.3 Å². The minimum atomic E-state index is -0.411. The minimum Gasteiger partial charge on any atom is -0.444 e. The van der Waals surface area contributed by atoms with E-state index in [4.69, 9.17) is 9.53 Å². The van der Waals surface area contributed by atoms with E-state index in [2.05, 4.69) is 46.2 Å². The highest BCUT2D eigenvalue weighted by molar-refractivity contribution is 9.10. The summed E-state index contributed by atoms with van der Waals surface area (Å²) in [6.45, 7) is 14.9. The summed E-state index contributed by atoms with van der Waals surface area (Å²) in [5, 5.41) is 2.81. The minimum absolute atomic E-state index is 0.255. The van der Waals surface area contributed by atoms with Gasteiger partial charge in [-0.05, 0) is 72.7 Å². The summed E-state index contributed by atoms with van der Waals surface area (Å²) >= 11 is 3.40. The molecule has 0 bridgehead atoms. The Kier molecular flexibility index (Phi) is 17.3. The molecule has 1 aliphatic rings. The average Bonchev–Trinajstić information content (AvgIpc) is 3.09. The molecule has 172 valence electrons. The molecule has 7 heteroatoms. The molecule has 0 aromatic heterocycles. The third-order valence-electron chi connectivity index (χ3n) is 4.13. The first kappa shape index (κ1) is 30.5. The number of benzene rings is 1. The first-order valence-corrected chi connectivity index (χ1v) is 10.9. The van der Waals surface area contributed by atoms with Gasteiger partial charge in [0.25, 0.3) is 0 Å². The van der Waals surface area contributed by atoms with Gasteiger partial charge in [-0.1, -0.05) is 41.1 Å². The number of halogens is 1. The van der Waals surface area contributed by atoms with Crippen LogP contribution in [0.2, 0.25) is 0 Å². The smallest absolute Gasteiger partial charge is 0.407 e. The standard InChI is InChI=1S/C11H22N2O2.C7H7Br.C4H8O.CH2O/c1-11(2,3)15-10(14)12-8-9-6-5-7-13(9)4;1-6-4-2-3-5-7(6)8;1-3-4(2)5;1-2/h9H,5-8H2,1-4H3,(H,12,14);2-5H,1H3;3H2,1-2H3;1H2. The second kappa shape index (κ2) is 17.0.